The van der Waals surface area contributed by atoms with Gasteiger partial charge in [-0.05, 0) is 43.0 Å². The lowest BCUT2D eigenvalue weighted by atomic mass is 9.92. The number of nitrogens with two attached hydrogens (primary N) is 1. The van der Waals surface area contributed by atoms with Gasteiger partial charge in [0, 0.05) is 17.6 Å². The molecule has 2 aromatic carbocycles. The maximum Gasteiger partial charge on any atom is 0.253 e. The number of amides is 1. The number of anilines is 1. The Bertz CT molecular complexity index is 674. The highest BCUT2D eigenvalue weighted by atomic mass is 16.1. The van der Waals surface area contributed by atoms with E-state index in [4.69, 9.17) is 5.73 Å². The van der Waals surface area contributed by atoms with Crippen LogP contribution in [0.5, 0.6) is 0 Å². The van der Waals surface area contributed by atoms with Crippen molar-refractivity contribution in [2.45, 2.75) is 25.2 Å². The fourth-order valence-corrected chi connectivity index (χ4v) is 2.91. The lowest BCUT2D eigenvalue weighted by molar-refractivity contribution is 0.0950. The van der Waals surface area contributed by atoms with E-state index in [-0.39, 0.29) is 11.3 Å². The fraction of sp³-hybridized carbons (Fsp3) is 0.278. The number of nitrogen functional groups attached to an aromatic ring is 1. The molecule has 3 nitrogen and oxygen atoms in total. The van der Waals surface area contributed by atoms with Crippen LogP contribution in [0, 0.1) is 6.92 Å². The number of hydrogen-bond donors (Lipinski definition) is 2. The number of para-hydroxylation sites is 1. The number of aryl methyl sites for hydroxylation is 1. The van der Waals surface area contributed by atoms with Gasteiger partial charge in [0.2, 0.25) is 0 Å². The summed E-state index contributed by atoms with van der Waals surface area (Å²) in [6.45, 7) is 2.80. The first-order valence-corrected chi connectivity index (χ1v) is 7.31. The Kier molecular flexibility index (Phi) is 3.42. The largest absolute Gasteiger partial charge is 0.398 e. The van der Waals surface area contributed by atoms with Gasteiger partial charge >= 0.3 is 0 Å². The molecule has 3 heteroatoms. The van der Waals surface area contributed by atoms with Gasteiger partial charge < -0.3 is 11.1 Å². The molecule has 108 valence electrons. The minimum Gasteiger partial charge on any atom is -0.398 e. The minimum absolute atomic E-state index is 0.0899. The average Bonchev–Trinajstić information content (AvgIpc) is 3.27. The van der Waals surface area contributed by atoms with E-state index in [2.05, 4.69) is 36.5 Å². The van der Waals surface area contributed by atoms with Crippen molar-refractivity contribution in [3.63, 3.8) is 0 Å². The van der Waals surface area contributed by atoms with Crippen molar-refractivity contribution in [2.24, 2.45) is 0 Å². The predicted molar refractivity (Wildman–Crippen MR) is 85.3 cm³/mol. The zero-order valence-electron chi connectivity index (χ0n) is 12.2. The van der Waals surface area contributed by atoms with Crippen LogP contribution in [0.1, 0.15) is 34.3 Å². The van der Waals surface area contributed by atoms with Crippen LogP contribution < -0.4 is 11.1 Å². The maximum absolute atomic E-state index is 12.3. The van der Waals surface area contributed by atoms with Crippen LogP contribution in [0.2, 0.25) is 0 Å². The monoisotopic (exact) mass is 280 g/mol. The van der Waals surface area contributed by atoms with E-state index in [1.54, 1.807) is 12.1 Å². The number of nitrogens with one attached hydrogen (secondary N) is 1. The topological polar surface area (TPSA) is 55.1 Å². The third kappa shape index (κ3) is 2.64. The zero-order chi connectivity index (χ0) is 14.9. The summed E-state index contributed by atoms with van der Waals surface area (Å²) in [4.78, 5) is 12.3. The van der Waals surface area contributed by atoms with Crippen LogP contribution in [0.25, 0.3) is 0 Å². The van der Waals surface area contributed by atoms with Crippen LogP contribution in [-0.4, -0.2) is 12.5 Å². The van der Waals surface area contributed by atoms with Gasteiger partial charge in [0.1, 0.15) is 0 Å². The van der Waals surface area contributed by atoms with E-state index in [9.17, 15) is 4.79 Å². The maximum atomic E-state index is 12.3. The number of rotatable bonds is 4. The van der Waals surface area contributed by atoms with Gasteiger partial charge in [-0.25, -0.2) is 0 Å². The zero-order valence-corrected chi connectivity index (χ0v) is 12.2. The molecule has 0 atom stereocenters. The molecule has 1 aliphatic carbocycles. The summed E-state index contributed by atoms with van der Waals surface area (Å²) >= 11 is 0. The third-order valence-corrected chi connectivity index (χ3v) is 4.36. The molecule has 0 spiro atoms. The smallest absolute Gasteiger partial charge is 0.253 e. The van der Waals surface area contributed by atoms with Gasteiger partial charge in [-0.2, -0.15) is 0 Å². The molecule has 1 amide bonds. The van der Waals surface area contributed by atoms with Crippen molar-refractivity contribution < 1.29 is 4.79 Å². The first-order chi connectivity index (χ1) is 10.1. The van der Waals surface area contributed by atoms with Gasteiger partial charge in [0.25, 0.3) is 5.91 Å². The summed E-state index contributed by atoms with van der Waals surface area (Å²) < 4.78 is 0. The first-order valence-electron chi connectivity index (χ1n) is 7.31. The van der Waals surface area contributed by atoms with Crippen molar-refractivity contribution in [3.05, 3.63) is 65.2 Å². The number of benzene rings is 2. The van der Waals surface area contributed by atoms with Crippen molar-refractivity contribution in [2.75, 3.05) is 12.3 Å². The second kappa shape index (κ2) is 5.24. The van der Waals surface area contributed by atoms with Gasteiger partial charge in [-0.1, -0.05) is 36.4 Å². The van der Waals surface area contributed by atoms with Crippen LogP contribution in [0.15, 0.2) is 48.5 Å². The number of carbonyl (C=O) groups excluding carboxylic acids is 1. The molecule has 0 heterocycles. The van der Waals surface area contributed by atoms with Crippen LogP contribution in [0.4, 0.5) is 5.69 Å². The Balaban J connectivity index is 1.72. The number of carbonyl (C=O) groups is 1. The lowest BCUT2D eigenvalue weighted by Crippen LogP contribution is -2.33. The summed E-state index contributed by atoms with van der Waals surface area (Å²) in [6, 6.07) is 15.6. The van der Waals surface area contributed by atoms with E-state index >= 15 is 0 Å². The minimum atomic E-state index is -0.0899. The van der Waals surface area contributed by atoms with Crippen molar-refractivity contribution >= 4 is 11.6 Å². The molecule has 3 rings (SSSR count). The molecule has 21 heavy (non-hydrogen) atoms. The second-order valence-electron chi connectivity index (χ2n) is 5.87. The van der Waals surface area contributed by atoms with E-state index in [0.29, 0.717) is 17.8 Å². The third-order valence-electron chi connectivity index (χ3n) is 4.36. The molecule has 0 radical (unpaired) electrons. The van der Waals surface area contributed by atoms with E-state index in [0.717, 1.165) is 12.8 Å². The standard InChI is InChI=1S/C18H20N2O/c1-13-6-2-4-8-15(13)18(10-11-18)12-20-17(21)14-7-3-5-9-16(14)19/h2-9H,10-12,19H2,1H3,(H,20,21). The van der Waals surface area contributed by atoms with Crippen LogP contribution in [0.3, 0.4) is 0 Å². The lowest BCUT2D eigenvalue weighted by Gasteiger charge is -2.19. The molecular weight excluding hydrogens is 260 g/mol. The molecule has 0 aromatic heterocycles. The Morgan fingerprint density at radius 1 is 1.14 bits per heavy atom. The molecule has 3 N–H and O–H groups in total. The van der Waals surface area contributed by atoms with Crippen LogP contribution in [-0.2, 0) is 5.41 Å². The van der Waals surface area contributed by atoms with Crippen LogP contribution >= 0.6 is 0 Å². The summed E-state index contributed by atoms with van der Waals surface area (Å²) in [5.74, 6) is -0.0899. The molecule has 1 aliphatic rings. The molecule has 1 saturated carbocycles. The molecule has 0 unspecified atom stereocenters. The van der Waals surface area contributed by atoms with E-state index in [1.807, 2.05) is 12.1 Å². The quantitative estimate of drug-likeness (QED) is 0.846. The molecule has 1 fully saturated rings. The summed E-state index contributed by atoms with van der Waals surface area (Å²) in [5.41, 5.74) is 9.69. The molecular formula is C18H20N2O. The Morgan fingerprint density at radius 3 is 2.48 bits per heavy atom. The van der Waals surface area contributed by atoms with Gasteiger partial charge in [-0.15, -0.1) is 0 Å². The predicted octanol–water partition coefficient (Wildman–Crippen LogP) is 3.04. The van der Waals surface area contributed by atoms with E-state index in [1.165, 1.54) is 11.1 Å². The second-order valence-corrected chi connectivity index (χ2v) is 5.87. The SMILES string of the molecule is Cc1ccccc1C1(CNC(=O)c2ccccc2N)CC1. The van der Waals surface area contributed by atoms with Gasteiger partial charge in [-0.3, -0.25) is 4.79 Å². The average molecular weight is 280 g/mol. The Morgan fingerprint density at radius 2 is 1.81 bits per heavy atom. The summed E-state index contributed by atoms with van der Waals surface area (Å²) in [5, 5.41) is 3.05. The first kappa shape index (κ1) is 13.7. The fourth-order valence-electron chi connectivity index (χ4n) is 2.91. The molecule has 2 aromatic rings. The number of hydrogen-bond acceptors (Lipinski definition) is 2. The van der Waals surface area contributed by atoms with Gasteiger partial charge in [0.15, 0.2) is 0 Å². The highest BCUT2D eigenvalue weighted by molar-refractivity contribution is 5.99. The molecule has 0 bridgehead atoms. The summed E-state index contributed by atoms with van der Waals surface area (Å²) in [6.07, 6.45) is 2.25. The highest BCUT2D eigenvalue weighted by Crippen LogP contribution is 2.48. The molecule has 0 aliphatic heterocycles. The van der Waals surface area contributed by atoms with E-state index < -0.39 is 0 Å². The Labute approximate surface area is 125 Å². The van der Waals surface area contributed by atoms with Gasteiger partial charge in [0.05, 0.1) is 5.56 Å². The Hall–Kier alpha value is -2.29. The van der Waals surface area contributed by atoms with Crippen molar-refractivity contribution in [1.29, 1.82) is 0 Å². The highest BCUT2D eigenvalue weighted by Gasteiger charge is 2.45. The van der Waals surface area contributed by atoms with Crippen molar-refractivity contribution in [1.82, 2.24) is 5.32 Å². The van der Waals surface area contributed by atoms with Crippen molar-refractivity contribution in [3.8, 4) is 0 Å². The normalized spacial score (nSPS) is 15.5. The molecule has 0 saturated heterocycles. The summed E-state index contributed by atoms with van der Waals surface area (Å²) in [7, 11) is 0.